The number of carbonyl (C=O) groups excluding carboxylic acids is 1. The van der Waals surface area contributed by atoms with Crippen LogP contribution in [-0.4, -0.2) is 36.5 Å². The normalized spacial score (nSPS) is 25.2. The number of hydrogen-bond acceptors (Lipinski definition) is 3. The predicted octanol–water partition coefficient (Wildman–Crippen LogP) is 1.53. The first-order chi connectivity index (χ1) is 8.75. The molecule has 1 amide bonds. The molecule has 2 atom stereocenters. The third-order valence-corrected chi connectivity index (χ3v) is 3.79. The second-order valence-electron chi connectivity index (χ2n) is 5.06. The van der Waals surface area contributed by atoms with Gasteiger partial charge in [0.15, 0.2) is 0 Å². The standard InChI is InChI=1S/C14H18N2O2.ClH/c15-10-5-7-16(9-10)14(17)12-6-8-18-13-4-2-1-3-11(12)13;/h1-4,10,12H,5-9,15H2;1H/t10-,12?;/m0./s1. The van der Waals surface area contributed by atoms with Crippen molar-refractivity contribution in [3.63, 3.8) is 0 Å². The van der Waals surface area contributed by atoms with E-state index in [1.54, 1.807) is 0 Å². The highest BCUT2D eigenvalue weighted by atomic mass is 35.5. The molecular formula is C14H19ClN2O2. The van der Waals surface area contributed by atoms with E-state index >= 15 is 0 Å². The van der Waals surface area contributed by atoms with Gasteiger partial charge in [-0.05, 0) is 18.9 Å². The molecule has 1 unspecified atom stereocenters. The minimum absolute atomic E-state index is 0. The second kappa shape index (κ2) is 5.80. The molecule has 1 aromatic rings. The Bertz CT molecular complexity index is 467. The Hall–Kier alpha value is -1.26. The van der Waals surface area contributed by atoms with E-state index in [-0.39, 0.29) is 30.3 Å². The van der Waals surface area contributed by atoms with Crippen molar-refractivity contribution >= 4 is 18.3 Å². The zero-order valence-electron chi connectivity index (χ0n) is 10.7. The maximum atomic E-state index is 12.5. The lowest BCUT2D eigenvalue weighted by Gasteiger charge is -2.28. The van der Waals surface area contributed by atoms with Gasteiger partial charge in [-0.3, -0.25) is 4.79 Å². The topological polar surface area (TPSA) is 55.6 Å². The Kier molecular flexibility index (Phi) is 4.32. The number of rotatable bonds is 1. The first kappa shape index (κ1) is 14.2. The van der Waals surface area contributed by atoms with Crippen molar-refractivity contribution < 1.29 is 9.53 Å². The molecule has 104 valence electrons. The molecule has 19 heavy (non-hydrogen) atoms. The highest BCUT2D eigenvalue weighted by Gasteiger charge is 2.33. The Morgan fingerprint density at radius 3 is 2.84 bits per heavy atom. The minimum Gasteiger partial charge on any atom is -0.493 e. The van der Waals surface area contributed by atoms with Gasteiger partial charge < -0.3 is 15.4 Å². The molecule has 0 aromatic heterocycles. The fourth-order valence-corrected chi connectivity index (χ4v) is 2.81. The first-order valence-corrected chi connectivity index (χ1v) is 6.52. The molecule has 0 aliphatic carbocycles. The van der Waals surface area contributed by atoms with Crippen LogP contribution < -0.4 is 10.5 Å². The lowest BCUT2D eigenvalue weighted by atomic mass is 9.92. The zero-order chi connectivity index (χ0) is 12.5. The third-order valence-electron chi connectivity index (χ3n) is 3.79. The summed E-state index contributed by atoms with van der Waals surface area (Å²) in [6.07, 6.45) is 1.68. The van der Waals surface area contributed by atoms with Crippen LogP contribution in [0.2, 0.25) is 0 Å². The van der Waals surface area contributed by atoms with Crippen LogP contribution in [-0.2, 0) is 4.79 Å². The number of nitrogens with two attached hydrogens (primary N) is 1. The van der Waals surface area contributed by atoms with Crippen molar-refractivity contribution in [1.29, 1.82) is 0 Å². The molecule has 3 rings (SSSR count). The number of nitrogens with zero attached hydrogens (tertiary/aromatic N) is 1. The van der Waals surface area contributed by atoms with E-state index in [1.165, 1.54) is 0 Å². The molecule has 2 aliphatic rings. The Morgan fingerprint density at radius 1 is 1.32 bits per heavy atom. The molecular weight excluding hydrogens is 264 g/mol. The lowest BCUT2D eigenvalue weighted by Crippen LogP contribution is -2.37. The molecule has 1 saturated heterocycles. The molecule has 0 radical (unpaired) electrons. The molecule has 4 nitrogen and oxygen atoms in total. The smallest absolute Gasteiger partial charge is 0.230 e. The van der Waals surface area contributed by atoms with Gasteiger partial charge in [-0.2, -0.15) is 0 Å². The number of likely N-dealkylation sites (tertiary alicyclic amines) is 1. The van der Waals surface area contributed by atoms with Gasteiger partial charge in [-0.25, -0.2) is 0 Å². The van der Waals surface area contributed by atoms with Gasteiger partial charge in [0.05, 0.1) is 12.5 Å². The fourth-order valence-electron chi connectivity index (χ4n) is 2.81. The number of carbonyl (C=O) groups is 1. The lowest BCUT2D eigenvalue weighted by molar-refractivity contribution is -0.132. The molecule has 0 bridgehead atoms. The van der Waals surface area contributed by atoms with Crippen molar-refractivity contribution in [2.75, 3.05) is 19.7 Å². The Labute approximate surface area is 119 Å². The quantitative estimate of drug-likeness (QED) is 0.850. The van der Waals surface area contributed by atoms with Crippen molar-refractivity contribution in [3.8, 4) is 5.75 Å². The number of hydrogen-bond donors (Lipinski definition) is 1. The number of amides is 1. The Balaban J connectivity index is 0.00000133. The van der Waals surface area contributed by atoms with Gasteiger partial charge >= 0.3 is 0 Å². The van der Waals surface area contributed by atoms with Crippen LogP contribution in [0.5, 0.6) is 5.75 Å². The maximum absolute atomic E-state index is 12.5. The molecule has 2 heterocycles. The van der Waals surface area contributed by atoms with Gasteiger partial charge in [0.1, 0.15) is 5.75 Å². The number of fused-ring (bicyclic) bond motifs is 1. The molecule has 2 aliphatic heterocycles. The number of para-hydroxylation sites is 1. The van der Waals surface area contributed by atoms with Crippen LogP contribution >= 0.6 is 12.4 Å². The first-order valence-electron chi connectivity index (χ1n) is 6.52. The van der Waals surface area contributed by atoms with Crippen molar-refractivity contribution in [3.05, 3.63) is 29.8 Å². The Morgan fingerprint density at radius 2 is 2.11 bits per heavy atom. The summed E-state index contributed by atoms with van der Waals surface area (Å²) in [7, 11) is 0. The minimum atomic E-state index is -0.0553. The maximum Gasteiger partial charge on any atom is 0.230 e. The van der Waals surface area contributed by atoms with E-state index in [0.717, 1.165) is 30.7 Å². The highest BCUT2D eigenvalue weighted by Crippen LogP contribution is 2.35. The summed E-state index contributed by atoms with van der Waals surface area (Å²) < 4.78 is 5.59. The SMILES string of the molecule is Cl.N[C@H]1CCN(C(=O)C2CCOc3ccccc32)C1. The van der Waals surface area contributed by atoms with Gasteiger partial charge in [-0.15, -0.1) is 12.4 Å². The molecule has 0 spiro atoms. The second-order valence-corrected chi connectivity index (χ2v) is 5.06. The van der Waals surface area contributed by atoms with E-state index in [2.05, 4.69) is 0 Å². The van der Waals surface area contributed by atoms with E-state index in [1.807, 2.05) is 29.2 Å². The van der Waals surface area contributed by atoms with Crippen molar-refractivity contribution in [2.45, 2.75) is 24.8 Å². The van der Waals surface area contributed by atoms with Crippen LogP contribution in [0.25, 0.3) is 0 Å². The van der Waals surface area contributed by atoms with Crippen LogP contribution in [0.1, 0.15) is 24.3 Å². The fraction of sp³-hybridized carbons (Fsp3) is 0.500. The average Bonchev–Trinajstić information content (AvgIpc) is 2.84. The van der Waals surface area contributed by atoms with Gasteiger partial charge in [-0.1, -0.05) is 18.2 Å². The number of benzene rings is 1. The predicted molar refractivity (Wildman–Crippen MR) is 75.7 cm³/mol. The summed E-state index contributed by atoms with van der Waals surface area (Å²) in [5, 5.41) is 0. The van der Waals surface area contributed by atoms with E-state index in [4.69, 9.17) is 10.5 Å². The van der Waals surface area contributed by atoms with E-state index < -0.39 is 0 Å². The molecule has 5 heteroatoms. The van der Waals surface area contributed by atoms with Gasteiger partial charge in [0.25, 0.3) is 0 Å². The van der Waals surface area contributed by atoms with E-state index in [0.29, 0.717) is 13.2 Å². The van der Waals surface area contributed by atoms with Crippen LogP contribution in [0.15, 0.2) is 24.3 Å². The monoisotopic (exact) mass is 282 g/mol. The van der Waals surface area contributed by atoms with Crippen molar-refractivity contribution in [2.24, 2.45) is 5.73 Å². The number of halogens is 1. The summed E-state index contributed by atoms with van der Waals surface area (Å²) in [5.74, 6) is 1.00. The summed E-state index contributed by atoms with van der Waals surface area (Å²) >= 11 is 0. The van der Waals surface area contributed by atoms with Crippen molar-refractivity contribution in [1.82, 2.24) is 4.90 Å². The van der Waals surface area contributed by atoms with Crippen LogP contribution in [0.3, 0.4) is 0 Å². The molecule has 1 fully saturated rings. The zero-order valence-corrected chi connectivity index (χ0v) is 11.6. The summed E-state index contributed by atoms with van der Waals surface area (Å²) in [6, 6.07) is 7.97. The molecule has 1 aromatic carbocycles. The van der Waals surface area contributed by atoms with Crippen LogP contribution in [0, 0.1) is 0 Å². The van der Waals surface area contributed by atoms with Gasteiger partial charge in [0, 0.05) is 24.7 Å². The summed E-state index contributed by atoms with van der Waals surface area (Å²) in [6.45, 7) is 2.10. The highest BCUT2D eigenvalue weighted by molar-refractivity contribution is 5.85. The molecule has 2 N–H and O–H groups in total. The molecule has 0 saturated carbocycles. The third kappa shape index (κ3) is 2.69. The summed E-state index contributed by atoms with van der Waals surface area (Å²) in [5.41, 5.74) is 6.89. The van der Waals surface area contributed by atoms with Crippen LogP contribution in [0.4, 0.5) is 0 Å². The van der Waals surface area contributed by atoms with E-state index in [9.17, 15) is 4.79 Å². The number of ether oxygens (including phenoxy) is 1. The largest absolute Gasteiger partial charge is 0.493 e. The summed E-state index contributed by atoms with van der Waals surface area (Å²) in [4.78, 5) is 14.4. The van der Waals surface area contributed by atoms with Gasteiger partial charge in [0.2, 0.25) is 5.91 Å². The average molecular weight is 283 g/mol.